The zero-order valence-corrected chi connectivity index (χ0v) is 8.08. The summed E-state index contributed by atoms with van der Waals surface area (Å²) in [6.45, 7) is 6.03. The minimum atomic E-state index is -0.738. The molecule has 0 aliphatic rings. The first-order valence-corrected chi connectivity index (χ1v) is 4.40. The van der Waals surface area contributed by atoms with Gasteiger partial charge in [-0.1, -0.05) is 20.8 Å². The molecule has 0 heterocycles. The van der Waals surface area contributed by atoms with Crippen LogP contribution in [0.3, 0.4) is 0 Å². The maximum atomic E-state index is 10.3. The van der Waals surface area contributed by atoms with Gasteiger partial charge in [-0.3, -0.25) is 4.79 Å². The molecule has 0 aromatic carbocycles. The minimum absolute atomic E-state index is 0.124. The molecule has 2 atom stereocenters. The first-order chi connectivity index (χ1) is 5.43. The molecular weight excluding hydrogens is 154 g/mol. The maximum absolute atomic E-state index is 10.3. The van der Waals surface area contributed by atoms with Gasteiger partial charge in [0.1, 0.15) is 0 Å². The van der Waals surface area contributed by atoms with Gasteiger partial charge in [-0.2, -0.15) is 0 Å². The zero-order chi connectivity index (χ0) is 9.72. The molecule has 0 amide bonds. The van der Waals surface area contributed by atoms with E-state index in [1.54, 1.807) is 0 Å². The number of aliphatic carboxylic acids is 1. The Balaban J connectivity index is 3.68. The highest BCUT2D eigenvalue weighted by atomic mass is 16.4. The quantitative estimate of drug-likeness (QED) is 0.661. The van der Waals surface area contributed by atoms with Crippen molar-refractivity contribution >= 4 is 5.97 Å². The SMILES string of the molecule is CC(C)[C@@H](N)C[C@H](C)CC(=O)O. The minimum Gasteiger partial charge on any atom is -0.481 e. The van der Waals surface area contributed by atoms with Crippen LogP contribution in [0.2, 0.25) is 0 Å². The van der Waals surface area contributed by atoms with Crippen molar-refractivity contribution in [2.75, 3.05) is 0 Å². The third-order valence-corrected chi connectivity index (χ3v) is 2.05. The van der Waals surface area contributed by atoms with E-state index in [1.165, 1.54) is 0 Å². The number of rotatable bonds is 5. The van der Waals surface area contributed by atoms with E-state index in [0.717, 1.165) is 6.42 Å². The second-order valence-electron chi connectivity index (χ2n) is 3.85. The fourth-order valence-electron chi connectivity index (χ4n) is 1.12. The number of hydrogen-bond donors (Lipinski definition) is 2. The summed E-state index contributed by atoms with van der Waals surface area (Å²) in [5.74, 6) is -0.125. The summed E-state index contributed by atoms with van der Waals surface area (Å²) in [6.07, 6.45) is 1.02. The van der Waals surface area contributed by atoms with Crippen LogP contribution in [-0.2, 0) is 4.79 Å². The van der Waals surface area contributed by atoms with E-state index in [-0.39, 0.29) is 18.4 Å². The van der Waals surface area contributed by atoms with E-state index in [2.05, 4.69) is 13.8 Å². The van der Waals surface area contributed by atoms with Crippen molar-refractivity contribution in [1.82, 2.24) is 0 Å². The Labute approximate surface area is 74.0 Å². The second-order valence-corrected chi connectivity index (χ2v) is 3.85. The van der Waals surface area contributed by atoms with Gasteiger partial charge in [-0.05, 0) is 18.3 Å². The summed E-state index contributed by atoms with van der Waals surface area (Å²) in [5, 5.41) is 8.49. The van der Waals surface area contributed by atoms with Crippen molar-refractivity contribution in [2.45, 2.75) is 39.7 Å². The number of hydrogen-bond acceptors (Lipinski definition) is 2. The van der Waals surface area contributed by atoms with Crippen molar-refractivity contribution in [1.29, 1.82) is 0 Å². The number of carboxylic acid groups (broad SMARTS) is 1. The largest absolute Gasteiger partial charge is 0.481 e. The Bertz CT molecular complexity index is 145. The van der Waals surface area contributed by atoms with Gasteiger partial charge < -0.3 is 10.8 Å². The predicted octanol–water partition coefficient (Wildman–Crippen LogP) is 1.47. The van der Waals surface area contributed by atoms with E-state index in [1.807, 2.05) is 6.92 Å². The third-order valence-electron chi connectivity index (χ3n) is 2.05. The highest BCUT2D eigenvalue weighted by Gasteiger charge is 2.14. The Hall–Kier alpha value is -0.570. The van der Waals surface area contributed by atoms with Gasteiger partial charge in [0.05, 0.1) is 0 Å². The molecule has 0 fully saturated rings. The van der Waals surface area contributed by atoms with Gasteiger partial charge in [0.2, 0.25) is 0 Å². The van der Waals surface area contributed by atoms with E-state index < -0.39 is 5.97 Å². The smallest absolute Gasteiger partial charge is 0.303 e. The predicted molar refractivity (Wildman–Crippen MR) is 48.8 cm³/mol. The van der Waals surface area contributed by atoms with Gasteiger partial charge in [0.25, 0.3) is 0 Å². The maximum Gasteiger partial charge on any atom is 0.303 e. The topological polar surface area (TPSA) is 63.3 Å². The summed E-state index contributed by atoms with van der Waals surface area (Å²) >= 11 is 0. The molecule has 0 spiro atoms. The molecule has 0 radical (unpaired) electrons. The van der Waals surface area contributed by atoms with E-state index in [0.29, 0.717) is 5.92 Å². The molecule has 0 bridgehead atoms. The first-order valence-electron chi connectivity index (χ1n) is 4.40. The van der Waals surface area contributed by atoms with Crippen LogP contribution in [0.1, 0.15) is 33.6 Å². The van der Waals surface area contributed by atoms with Crippen LogP contribution in [0.4, 0.5) is 0 Å². The van der Waals surface area contributed by atoms with Crippen LogP contribution < -0.4 is 5.73 Å². The van der Waals surface area contributed by atoms with E-state index in [9.17, 15) is 4.79 Å². The van der Waals surface area contributed by atoms with Crippen LogP contribution in [0, 0.1) is 11.8 Å². The monoisotopic (exact) mass is 173 g/mol. The molecule has 72 valence electrons. The zero-order valence-electron chi connectivity index (χ0n) is 8.08. The molecule has 3 heteroatoms. The summed E-state index contributed by atoms with van der Waals surface area (Å²) in [7, 11) is 0. The molecule has 3 N–H and O–H groups in total. The molecule has 12 heavy (non-hydrogen) atoms. The Morgan fingerprint density at radius 3 is 2.25 bits per heavy atom. The number of carbonyl (C=O) groups is 1. The molecule has 0 saturated carbocycles. The van der Waals surface area contributed by atoms with Crippen LogP contribution in [0.25, 0.3) is 0 Å². The number of carboxylic acids is 1. The van der Waals surface area contributed by atoms with Gasteiger partial charge in [-0.25, -0.2) is 0 Å². The summed E-state index contributed by atoms with van der Waals surface area (Å²) in [5.41, 5.74) is 5.80. The average molecular weight is 173 g/mol. The van der Waals surface area contributed by atoms with Gasteiger partial charge in [0.15, 0.2) is 0 Å². The summed E-state index contributed by atoms with van der Waals surface area (Å²) < 4.78 is 0. The average Bonchev–Trinajstić information content (AvgIpc) is 1.84. The lowest BCUT2D eigenvalue weighted by Crippen LogP contribution is -2.29. The van der Waals surface area contributed by atoms with E-state index >= 15 is 0 Å². The molecule has 0 rings (SSSR count). The molecule has 0 saturated heterocycles. The van der Waals surface area contributed by atoms with Crippen LogP contribution >= 0.6 is 0 Å². The molecule has 0 aliphatic heterocycles. The highest BCUT2D eigenvalue weighted by molar-refractivity contribution is 5.66. The van der Waals surface area contributed by atoms with Crippen molar-refractivity contribution in [3.8, 4) is 0 Å². The van der Waals surface area contributed by atoms with Crippen molar-refractivity contribution in [2.24, 2.45) is 17.6 Å². The van der Waals surface area contributed by atoms with Gasteiger partial charge in [-0.15, -0.1) is 0 Å². The fraction of sp³-hybridized carbons (Fsp3) is 0.889. The second kappa shape index (κ2) is 5.14. The fourth-order valence-corrected chi connectivity index (χ4v) is 1.12. The van der Waals surface area contributed by atoms with Crippen LogP contribution in [0.15, 0.2) is 0 Å². The normalized spacial score (nSPS) is 16.1. The molecule has 3 nitrogen and oxygen atoms in total. The van der Waals surface area contributed by atoms with Crippen molar-refractivity contribution in [3.63, 3.8) is 0 Å². The summed E-state index contributed by atoms with van der Waals surface area (Å²) in [6, 6.07) is 0.124. The molecule has 0 unspecified atom stereocenters. The van der Waals surface area contributed by atoms with Gasteiger partial charge >= 0.3 is 5.97 Å². The first kappa shape index (κ1) is 11.4. The molecule has 0 aromatic rings. The molecule has 0 aromatic heterocycles. The third kappa shape index (κ3) is 5.13. The number of nitrogens with two attached hydrogens (primary N) is 1. The van der Waals surface area contributed by atoms with Crippen molar-refractivity contribution in [3.05, 3.63) is 0 Å². The molecular formula is C9H19NO2. The lowest BCUT2D eigenvalue weighted by molar-refractivity contribution is -0.138. The molecule has 0 aliphatic carbocycles. The highest BCUT2D eigenvalue weighted by Crippen LogP contribution is 2.13. The Morgan fingerprint density at radius 1 is 1.42 bits per heavy atom. The Morgan fingerprint density at radius 2 is 1.92 bits per heavy atom. The Kier molecular flexibility index (Phi) is 4.90. The summed E-state index contributed by atoms with van der Waals surface area (Å²) in [4.78, 5) is 10.3. The lowest BCUT2D eigenvalue weighted by Gasteiger charge is -2.18. The standard InChI is InChI=1S/C9H19NO2/c1-6(2)8(10)4-7(3)5-9(11)12/h6-8H,4-5,10H2,1-3H3,(H,11,12)/t7-,8-/m0/s1. The van der Waals surface area contributed by atoms with Crippen LogP contribution in [0.5, 0.6) is 0 Å². The van der Waals surface area contributed by atoms with Crippen molar-refractivity contribution < 1.29 is 9.90 Å². The van der Waals surface area contributed by atoms with Crippen LogP contribution in [-0.4, -0.2) is 17.1 Å². The lowest BCUT2D eigenvalue weighted by atomic mass is 9.93. The van der Waals surface area contributed by atoms with Gasteiger partial charge in [0, 0.05) is 12.5 Å². The van der Waals surface area contributed by atoms with E-state index in [4.69, 9.17) is 10.8 Å².